The van der Waals surface area contributed by atoms with Gasteiger partial charge < -0.3 is 9.84 Å². The third kappa shape index (κ3) is 5.61. The Hall–Kier alpha value is -0.830. The van der Waals surface area contributed by atoms with Crippen LogP contribution in [0.5, 0.6) is 0 Å². The maximum absolute atomic E-state index is 10.7. The maximum atomic E-state index is 10.7. The average Bonchev–Trinajstić information content (AvgIpc) is 2.01. The molecular weight excluding hydrogens is 144 g/mol. The second-order valence-electron chi connectivity index (χ2n) is 2.27. The van der Waals surface area contributed by atoms with Crippen molar-refractivity contribution < 1.29 is 14.6 Å². The van der Waals surface area contributed by atoms with Crippen LogP contribution in [0.15, 0.2) is 12.2 Å². The Morgan fingerprint density at radius 2 is 2.36 bits per heavy atom. The van der Waals surface area contributed by atoms with Gasteiger partial charge in [-0.3, -0.25) is 0 Å². The normalized spacial score (nSPS) is 13.4. The first kappa shape index (κ1) is 10.2. The van der Waals surface area contributed by atoms with E-state index in [2.05, 4.69) is 4.74 Å². The van der Waals surface area contributed by atoms with E-state index in [1.807, 2.05) is 6.92 Å². The van der Waals surface area contributed by atoms with Crippen molar-refractivity contribution in [1.82, 2.24) is 0 Å². The van der Waals surface area contributed by atoms with Crippen LogP contribution in [0.2, 0.25) is 0 Å². The molecule has 0 aromatic rings. The molecule has 0 heterocycles. The zero-order valence-electron chi connectivity index (χ0n) is 6.91. The van der Waals surface area contributed by atoms with Gasteiger partial charge >= 0.3 is 5.97 Å². The van der Waals surface area contributed by atoms with Gasteiger partial charge in [-0.25, -0.2) is 4.79 Å². The molecule has 0 spiro atoms. The van der Waals surface area contributed by atoms with Crippen LogP contribution in [-0.2, 0) is 9.53 Å². The fourth-order valence-electron chi connectivity index (χ4n) is 0.494. The molecule has 0 unspecified atom stereocenters. The minimum absolute atomic E-state index is 0.0133. The van der Waals surface area contributed by atoms with Crippen molar-refractivity contribution in [3.05, 3.63) is 12.2 Å². The monoisotopic (exact) mass is 158 g/mol. The van der Waals surface area contributed by atoms with Gasteiger partial charge in [0.1, 0.15) is 0 Å². The zero-order chi connectivity index (χ0) is 8.69. The Kier molecular flexibility index (Phi) is 5.47. The smallest absolute Gasteiger partial charge is 0.330 e. The van der Waals surface area contributed by atoms with Crippen molar-refractivity contribution in [3.63, 3.8) is 0 Å². The number of ether oxygens (including phenoxy) is 1. The third-order valence-electron chi connectivity index (χ3n) is 1.14. The quantitative estimate of drug-likeness (QED) is 0.484. The summed E-state index contributed by atoms with van der Waals surface area (Å²) >= 11 is 0. The Balaban J connectivity index is 3.63. The Bertz CT molecular complexity index is 140. The number of carbonyl (C=O) groups is 1. The lowest BCUT2D eigenvalue weighted by Gasteiger charge is -1.98. The molecule has 0 saturated heterocycles. The van der Waals surface area contributed by atoms with Gasteiger partial charge in [0.2, 0.25) is 0 Å². The minimum atomic E-state index is -0.354. The Morgan fingerprint density at radius 3 is 2.82 bits per heavy atom. The summed E-state index contributed by atoms with van der Waals surface area (Å²) in [7, 11) is 0. The van der Waals surface area contributed by atoms with E-state index in [4.69, 9.17) is 5.11 Å². The van der Waals surface area contributed by atoms with Crippen molar-refractivity contribution in [2.24, 2.45) is 5.92 Å². The first-order valence-corrected chi connectivity index (χ1v) is 3.66. The molecule has 1 atom stereocenters. The van der Waals surface area contributed by atoms with Gasteiger partial charge in [-0.2, -0.15) is 0 Å². The summed E-state index contributed by atoms with van der Waals surface area (Å²) in [6, 6.07) is 0. The van der Waals surface area contributed by atoms with Crippen LogP contribution in [0, 0.1) is 5.92 Å². The lowest BCUT2D eigenvalue weighted by atomic mass is 10.2. The van der Waals surface area contributed by atoms with E-state index >= 15 is 0 Å². The highest BCUT2D eigenvalue weighted by Gasteiger charge is 1.96. The lowest BCUT2D eigenvalue weighted by molar-refractivity contribution is -0.137. The molecule has 0 aliphatic rings. The third-order valence-corrected chi connectivity index (χ3v) is 1.14. The molecule has 0 fully saturated rings. The molecule has 3 heteroatoms. The van der Waals surface area contributed by atoms with E-state index in [-0.39, 0.29) is 18.5 Å². The molecule has 0 amide bonds. The minimum Gasteiger partial charge on any atom is -0.463 e. The maximum Gasteiger partial charge on any atom is 0.330 e. The SMILES string of the molecule is CCOC(=O)/C=C/[C@H](C)CO. The van der Waals surface area contributed by atoms with E-state index in [9.17, 15) is 4.79 Å². The van der Waals surface area contributed by atoms with Crippen LogP contribution in [0.1, 0.15) is 13.8 Å². The van der Waals surface area contributed by atoms with Crippen LogP contribution < -0.4 is 0 Å². The molecule has 0 bridgehead atoms. The summed E-state index contributed by atoms with van der Waals surface area (Å²) in [5.74, 6) is -0.341. The van der Waals surface area contributed by atoms with Gasteiger partial charge in [0.15, 0.2) is 0 Å². The van der Waals surface area contributed by atoms with E-state index < -0.39 is 0 Å². The first-order chi connectivity index (χ1) is 5.20. The molecule has 11 heavy (non-hydrogen) atoms. The number of rotatable bonds is 4. The topological polar surface area (TPSA) is 46.5 Å². The highest BCUT2D eigenvalue weighted by molar-refractivity contribution is 5.81. The van der Waals surface area contributed by atoms with Gasteiger partial charge in [0.25, 0.3) is 0 Å². The molecule has 0 aromatic carbocycles. The molecule has 0 saturated carbocycles. The number of aliphatic hydroxyl groups excluding tert-OH is 1. The molecule has 0 aromatic heterocycles. The van der Waals surface area contributed by atoms with E-state index in [1.165, 1.54) is 6.08 Å². The predicted octanol–water partition coefficient (Wildman–Crippen LogP) is 0.734. The van der Waals surface area contributed by atoms with Crippen molar-refractivity contribution in [1.29, 1.82) is 0 Å². The Morgan fingerprint density at radius 1 is 1.73 bits per heavy atom. The largest absolute Gasteiger partial charge is 0.463 e. The summed E-state index contributed by atoms with van der Waals surface area (Å²) in [6.45, 7) is 4.00. The van der Waals surface area contributed by atoms with Gasteiger partial charge in [-0.05, 0) is 12.8 Å². The number of hydrogen-bond donors (Lipinski definition) is 1. The van der Waals surface area contributed by atoms with Crippen LogP contribution in [0.4, 0.5) is 0 Å². The van der Waals surface area contributed by atoms with Crippen LogP contribution in [-0.4, -0.2) is 24.3 Å². The van der Waals surface area contributed by atoms with E-state index in [0.717, 1.165) is 0 Å². The van der Waals surface area contributed by atoms with E-state index in [0.29, 0.717) is 6.61 Å². The molecule has 0 radical (unpaired) electrons. The number of carbonyl (C=O) groups excluding carboxylic acids is 1. The molecule has 64 valence electrons. The molecule has 0 aliphatic carbocycles. The standard InChI is InChI=1S/C8H14O3/c1-3-11-8(10)5-4-7(2)6-9/h4-5,7,9H,3,6H2,1-2H3/b5-4+/t7-/m0/s1. The lowest BCUT2D eigenvalue weighted by Crippen LogP contribution is -2.01. The van der Waals surface area contributed by atoms with Gasteiger partial charge in [0.05, 0.1) is 6.61 Å². The number of hydrogen-bond acceptors (Lipinski definition) is 3. The van der Waals surface area contributed by atoms with Crippen molar-refractivity contribution in [3.8, 4) is 0 Å². The fourth-order valence-corrected chi connectivity index (χ4v) is 0.494. The first-order valence-electron chi connectivity index (χ1n) is 3.66. The fraction of sp³-hybridized carbons (Fsp3) is 0.625. The number of esters is 1. The zero-order valence-corrected chi connectivity index (χ0v) is 6.91. The van der Waals surface area contributed by atoms with Crippen LogP contribution >= 0.6 is 0 Å². The van der Waals surface area contributed by atoms with E-state index in [1.54, 1.807) is 13.0 Å². The van der Waals surface area contributed by atoms with Crippen LogP contribution in [0.25, 0.3) is 0 Å². The molecule has 1 N–H and O–H groups in total. The molecule has 0 rings (SSSR count). The summed E-state index contributed by atoms with van der Waals surface area (Å²) < 4.78 is 4.63. The van der Waals surface area contributed by atoms with Crippen molar-refractivity contribution in [2.45, 2.75) is 13.8 Å². The van der Waals surface area contributed by atoms with Gasteiger partial charge in [-0.15, -0.1) is 0 Å². The van der Waals surface area contributed by atoms with Gasteiger partial charge in [0, 0.05) is 12.7 Å². The average molecular weight is 158 g/mol. The summed E-state index contributed by atoms with van der Waals surface area (Å²) in [5.41, 5.74) is 0. The van der Waals surface area contributed by atoms with Crippen LogP contribution in [0.3, 0.4) is 0 Å². The molecule has 0 aliphatic heterocycles. The summed E-state index contributed by atoms with van der Waals surface area (Å²) in [6.07, 6.45) is 2.96. The predicted molar refractivity (Wildman–Crippen MR) is 42.0 cm³/mol. The summed E-state index contributed by atoms with van der Waals surface area (Å²) in [4.78, 5) is 10.7. The van der Waals surface area contributed by atoms with Crippen molar-refractivity contribution in [2.75, 3.05) is 13.2 Å². The Labute approximate surface area is 66.7 Å². The molecular formula is C8H14O3. The van der Waals surface area contributed by atoms with Crippen molar-refractivity contribution >= 4 is 5.97 Å². The summed E-state index contributed by atoms with van der Waals surface area (Å²) in [5, 5.41) is 8.57. The second-order valence-corrected chi connectivity index (χ2v) is 2.27. The highest BCUT2D eigenvalue weighted by atomic mass is 16.5. The molecule has 3 nitrogen and oxygen atoms in total. The highest BCUT2D eigenvalue weighted by Crippen LogP contribution is 1.94. The number of aliphatic hydroxyl groups is 1. The second kappa shape index (κ2) is 5.92. The van der Waals surface area contributed by atoms with Gasteiger partial charge in [-0.1, -0.05) is 13.0 Å².